The molecule has 0 amide bonds. The number of rotatable bonds is 12. The van der Waals surface area contributed by atoms with E-state index in [-0.39, 0.29) is 6.61 Å². The zero-order valence-corrected chi connectivity index (χ0v) is 15.9. The first-order valence-electron chi connectivity index (χ1n) is 9.49. The molecule has 0 saturated carbocycles. The summed E-state index contributed by atoms with van der Waals surface area (Å²) in [6, 6.07) is 9.51. The number of unbranched alkanes of at least 4 members (excludes halogenated alkanes) is 2. The van der Waals surface area contributed by atoms with Gasteiger partial charge in [0.25, 0.3) is 0 Å². The maximum Gasteiger partial charge on any atom is 0.323 e. The topological polar surface area (TPSA) is 52.6 Å². The van der Waals surface area contributed by atoms with Crippen molar-refractivity contribution in [3.8, 4) is 0 Å². The van der Waals surface area contributed by atoms with E-state index in [1.54, 1.807) is 0 Å². The molecule has 4 nitrogen and oxygen atoms in total. The highest BCUT2D eigenvalue weighted by molar-refractivity contribution is 6.00. The molecule has 0 N–H and O–H groups in total. The molecule has 0 aliphatic rings. The average molecular weight is 348 g/mol. The van der Waals surface area contributed by atoms with Gasteiger partial charge in [-0.05, 0) is 24.8 Å². The Morgan fingerprint density at radius 1 is 0.840 bits per heavy atom. The van der Waals surface area contributed by atoms with Gasteiger partial charge in [-0.1, -0.05) is 76.8 Å². The van der Waals surface area contributed by atoms with Crippen LogP contribution in [0.1, 0.15) is 71.3 Å². The Labute approximate surface area is 151 Å². The number of ether oxygens (including phenoxy) is 2. The summed E-state index contributed by atoms with van der Waals surface area (Å²) in [6.45, 7) is 6.59. The van der Waals surface area contributed by atoms with E-state index in [1.807, 2.05) is 44.2 Å². The zero-order chi connectivity index (χ0) is 18.5. The van der Waals surface area contributed by atoms with Crippen molar-refractivity contribution < 1.29 is 19.1 Å². The minimum Gasteiger partial charge on any atom is -0.465 e. The summed E-state index contributed by atoms with van der Waals surface area (Å²) in [4.78, 5) is 25.6. The Hall–Kier alpha value is -1.84. The van der Waals surface area contributed by atoms with Crippen molar-refractivity contribution in [3.05, 3.63) is 35.9 Å². The summed E-state index contributed by atoms with van der Waals surface area (Å²) >= 11 is 0. The molecule has 0 spiro atoms. The second-order valence-corrected chi connectivity index (χ2v) is 6.49. The van der Waals surface area contributed by atoms with Gasteiger partial charge in [-0.2, -0.15) is 0 Å². The van der Waals surface area contributed by atoms with Gasteiger partial charge in [-0.3, -0.25) is 9.59 Å². The van der Waals surface area contributed by atoms with E-state index >= 15 is 0 Å². The number of hydrogen-bond acceptors (Lipinski definition) is 4. The van der Waals surface area contributed by atoms with Crippen LogP contribution < -0.4 is 0 Å². The molecule has 4 heteroatoms. The Bertz CT molecular complexity index is 504. The molecule has 0 saturated heterocycles. The quantitative estimate of drug-likeness (QED) is 0.301. The molecule has 0 aliphatic carbocycles. The number of carbonyl (C=O) groups is 2. The molecule has 0 bridgehead atoms. The summed E-state index contributed by atoms with van der Waals surface area (Å²) in [5.41, 5.74) is -0.265. The van der Waals surface area contributed by atoms with E-state index in [0.717, 1.165) is 37.7 Å². The van der Waals surface area contributed by atoms with Gasteiger partial charge in [-0.15, -0.1) is 0 Å². The van der Waals surface area contributed by atoms with Crippen molar-refractivity contribution in [2.24, 2.45) is 5.41 Å². The molecule has 140 valence electrons. The number of esters is 2. The molecule has 0 aliphatic heterocycles. The van der Waals surface area contributed by atoms with Crippen molar-refractivity contribution in [1.29, 1.82) is 0 Å². The van der Waals surface area contributed by atoms with Crippen LogP contribution in [0.25, 0.3) is 0 Å². The van der Waals surface area contributed by atoms with Crippen LogP contribution in [0.3, 0.4) is 0 Å². The van der Waals surface area contributed by atoms with Gasteiger partial charge in [0.05, 0.1) is 6.61 Å². The van der Waals surface area contributed by atoms with E-state index in [4.69, 9.17) is 9.47 Å². The fourth-order valence-corrected chi connectivity index (χ4v) is 2.99. The maximum absolute atomic E-state index is 12.8. The minimum absolute atomic E-state index is 0.179. The van der Waals surface area contributed by atoms with Crippen molar-refractivity contribution in [3.63, 3.8) is 0 Å². The highest BCUT2D eigenvalue weighted by Gasteiger charge is 2.47. The van der Waals surface area contributed by atoms with Crippen LogP contribution in [0.5, 0.6) is 0 Å². The lowest BCUT2D eigenvalue weighted by Gasteiger charge is -2.29. The molecule has 1 aromatic rings. The van der Waals surface area contributed by atoms with Gasteiger partial charge < -0.3 is 9.47 Å². The van der Waals surface area contributed by atoms with E-state index in [2.05, 4.69) is 6.92 Å². The van der Waals surface area contributed by atoms with Crippen LogP contribution >= 0.6 is 0 Å². The zero-order valence-electron chi connectivity index (χ0n) is 15.9. The Morgan fingerprint density at radius 3 is 2.00 bits per heavy atom. The normalized spacial score (nSPS) is 11.2. The smallest absolute Gasteiger partial charge is 0.323 e. The highest BCUT2D eigenvalue weighted by Crippen LogP contribution is 2.34. The largest absolute Gasteiger partial charge is 0.465 e. The monoisotopic (exact) mass is 348 g/mol. The van der Waals surface area contributed by atoms with Gasteiger partial charge in [0.1, 0.15) is 6.61 Å². The van der Waals surface area contributed by atoms with Crippen molar-refractivity contribution >= 4 is 11.9 Å². The number of carbonyl (C=O) groups excluding carboxylic acids is 2. The fraction of sp³-hybridized carbons (Fsp3) is 0.619. The van der Waals surface area contributed by atoms with Crippen LogP contribution in [-0.2, 0) is 25.7 Å². The Kier molecular flexibility index (Phi) is 9.90. The minimum atomic E-state index is -1.18. The first-order chi connectivity index (χ1) is 12.1. The first kappa shape index (κ1) is 21.2. The maximum atomic E-state index is 12.8. The van der Waals surface area contributed by atoms with Gasteiger partial charge in [0.2, 0.25) is 0 Å². The molecule has 0 heterocycles. The highest BCUT2D eigenvalue weighted by atomic mass is 16.6. The van der Waals surface area contributed by atoms with Crippen LogP contribution in [-0.4, -0.2) is 18.5 Å². The molecule has 0 unspecified atom stereocenters. The molecule has 1 rings (SSSR count). The fourth-order valence-electron chi connectivity index (χ4n) is 2.99. The molecular weight excluding hydrogens is 316 g/mol. The van der Waals surface area contributed by atoms with E-state index in [1.165, 1.54) is 0 Å². The summed E-state index contributed by atoms with van der Waals surface area (Å²) in [5, 5.41) is 0. The lowest BCUT2D eigenvalue weighted by atomic mass is 9.79. The molecule has 25 heavy (non-hydrogen) atoms. The second kappa shape index (κ2) is 11.7. The number of hydrogen-bond donors (Lipinski definition) is 0. The molecule has 0 fully saturated rings. The third-order valence-corrected chi connectivity index (χ3v) is 4.33. The lowest BCUT2D eigenvalue weighted by molar-refractivity contribution is -0.175. The van der Waals surface area contributed by atoms with Crippen LogP contribution in [0.15, 0.2) is 30.3 Å². The summed E-state index contributed by atoms with van der Waals surface area (Å²) < 4.78 is 11.0. The van der Waals surface area contributed by atoms with E-state index in [9.17, 15) is 9.59 Å². The summed E-state index contributed by atoms with van der Waals surface area (Å²) in [6.07, 6.45) is 5.28. The molecule has 0 atom stereocenters. The first-order valence-corrected chi connectivity index (χ1v) is 9.49. The van der Waals surface area contributed by atoms with E-state index < -0.39 is 17.4 Å². The van der Waals surface area contributed by atoms with Gasteiger partial charge in [0.15, 0.2) is 5.41 Å². The SMILES string of the molecule is CCCCCOC(=O)C(CCC)(CCC)C(=O)OCc1ccccc1. The van der Waals surface area contributed by atoms with Crippen LogP contribution in [0.2, 0.25) is 0 Å². The predicted molar refractivity (Wildman–Crippen MR) is 99.0 cm³/mol. The predicted octanol–water partition coefficient (Wildman–Crippen LogP) is 5.05. The molecule has 0 aromatic heterocycles. The van der Waals surface area contributed by atoms with Crippen molar-refractivity contribution in [2.45, 2.75) is 72.3 Å². The van der Waals surface area contributed by atoms with Crippen LogP contribution in [0, 0.1) is 5.41 Å². The number of benzene rings is 1. The second-order valence-electron chi connectivity index (χ2n) is 6.49. The molecule has 1 aromatic carbocycles. The van der Waals surface area contributed by atoms with Crippen molar-refractivity contribution in [1.82, 2.24) is 0 Å². The average Bonchev–Trinajstić information content (AvgIpc) is 2.63. The lowest BCUT2D eigenvalue weighted by Crippen LogP contribution is -2.42. The Morgan fingerprint density at radius 2 is 1.44 bits per heavy atom. The standard InChI is InChI=1S/C21H32O4/c1-4-7-11-16-24-19(22)21(14-5-2,15-6-3)20(23)25-17-18-12-9-8-10-13-18/h8-10,12-13H,4-7,11,14-17H2,1-3H3. The molecule has 0 radical (unpaired) electrons. The third-order valence-electron chi connectivity index (χ3n) is 4.33. The Balaban J connectivity index is 2.80. The van der Waals surface area contributed by atoms with E-state index in [0.29, 0.717) is 19.4 Å². The van der Waals surface area contributed by atoms with Gasteiger partial charge in [-0.25, -0.2) is 0 Å². The van der Waals surface area contributed by atoms with Crippen LogP contribution in [0.4, 0.5) is 0 Å². The molecular formula is C21H32O4. The van der Waals surface area contributed by atoms with Gasteiger partial charge >= 0.3 is 11.9 Å². The third kappa shape index (κ3) is 6.52. The van der Waals surface area contributed by atoms with Crippen molar-refractivity contribution in [2.75, 3.05) is 6.61 Å². The van der Waals surface area contributed by atoms with Gasteiger partial charge in [0, 0.05) is 0 Å². The summed E-state index contributed by atoms with van der Waals surface area (Å²) in [7, 11) is 0. The summed E-state index contributed by atoms with van der Waals surface area (Å²) in [5.74, 6) is -0.883.